The van der Waals surface area contributed by atoms with Crippen molar-refractivity contribution < 1.29 is 33.1 Å². The zero-order chi connectivity index (χ0) is 36.8. The number of rotatable bonds is 15. The molecule has 2 atom stereocenters. The molecule has 0 aliphatic heterocycles. The zero-order valence-electron chi connectivity index (χ0n) is 28.7. The highest BCUT2D eigenvalue weighted by Crippen LogP contribution is 2.25. The maximum absolute atomic E-state index is 13.3. The minimum absolute atomic E-state index is 0.147. The molecule has 0 aliphatic rings. The Bertz CT molecular complexity index is 1970. The van der Waals surface area contributed by atoms with Gasteiger partial charge in [0.05, 0.1) is 24.9 Å². The average molecular weight is 708 g/mol. The number of benzene rings is 5. The van der Waals surface area contributed by atoms with E-state index in [1.807, 2.05) is 103 Å². The summed E-state index contributed by atoms with van der Waals surface area (Å²) in [5.41, 5.74) is 3.35. The number of aromatic nitrogens is 1. The van der Waals surface area contributed by atoms with Crippen LogP contribution in [0.15, 0.2) is 156 Å². The number of esters is 2. The van der Waals surface area contributed by atoms with Gasteiger partial charge >= 0.3 is 11.9 Å². The van der Waals surface area contributed by atoms with Gasteiger partial charge in [-0.15, -0.1) is 0 Å². The molecule has 2 N–H and O–H groups in total. The molecular formula is C43H37N3O7. The summed E-state index contributed by atoms with van der Waals surface area (Å²) in [4.78, 5) is 57.1. The quantitative estimate of drug-likeness (QED) is 0.104. The van der Waals surface area contributed by atoms with Crippen LogP contribution in [0.3, 0.4) is 0 Å². The van der Waals surface area contributed by atoms with E-state index in [9.17, 15) is 19.2 Å². The van der Waals surface area contributed by atoms with E-state index in [1.165, 1.54) is 0 Å². The van der Waals surface area contributed by atoms with Crippen LogP contribution in [0.1, 0.15) is 68.2 Å². The molecule has 266 valence electrons. The molecule has 5 aromatic carbocycles. The zero-order valence-corrected chi connectivity index (χ0v) is 28.7. The van der Waals surface area contributed by atoms with E-state index in [1.54, 1.807) is 48.5 Å². The van der Waals surface area contributed by atoms with Crippen LogP contribution in [0.4, 0.5) is 0 Å². The second-order valence-electron chi connectivity index (χ2n) is 12.1. The van der Waals surface area contributed by atoms with Crippen molar-refractivity contribution in [3.8, 4) is 11.5 Å². The first-order valence-electron chi connectivity index (χ1n) is 17.1. The van der Waals surface area contributed by atoms with Gasteiger partial charge in [-0.25, -0.2) is 4.98 Å². The molecule has 1 heterocycles. The smallest absolute Gasteiger partial charge is 0.308 e. The van der Waals surface area contributed by atoms with E-state index in [0.29, 0.717) is 16.7 Å². The topological polar surface area (TPSA) is 137 Å². The van der Waals surface area contributed by atoms with Crippen molar-refractivity contribution in [3.63, 3.8) is 0 Å². The third kappa shape index (κ3) is 10.1. The third-order valence-corrected chi connectivity index (χ3v) is 8.36. The number of nitrogens with one attached hydrogen (secondary N) is 2. The van der Waals surface area contributed by atoms with Crippen LogP contribution in [-0.2, 0) is 32.3 Å². The molecule has 0 saturated heterocycles. The van der Waals surface area contributed by atoms with Gasteiger partial charge in [0, 0.05) is 16.7 Å². The summed E-state index contributed by atoms with van der Waals surface area (Å²) in [5, 5.41) is 5.88. The van der Waals surface area contributed by atoms with Crippen molar-refractivity contribution >= 4 is 23.8 Å². The number of ether oxygens (including phenoxy) is 2. The van der Waals surface area contributed by atoms with Gasteiger partial charge in [0.25, 0.3) is 11.8 Å². The number of carbonyl (C=O) groups excluding carboxylic acids is 4. The van der Waals surface area contributed by atoms with Crippen LogP contribution in [0.2, 0.25) is 0 Å². The Morgan fingerprint density at radius 3 is 1.38 bits per heavy atom. The number of nitrogens with zero attached hydrogens (tertiary/aromatic N) is 1. The Kier molecular flexibility index (Phi) is 12.2. The lowest BCUT2D eigenvalue weighted by atomic mass is 10.0. The van der Waals surface area contributed by atoms with Gasteiger partial charge in [0.1, 0.15) is 12.3 Å². The minimum atomic E-state index is -0.661. The molecule has 10 nitrogen and oxygen atoms in total. The molecule has 2 amide bonds. The van der Waals surface area contributed by atoms with E-state index in [0.717, 1.165) is 11.1 Å². The van der Waals surface area contributed by atoms with Crippen LogP contribution in [0.25, 0.3) is 11.5 Å². The highest BCUT2D eigenvalue weighted by molar-refractivity contribution is 5.95. The van der Waals surface area contributed by atoms with Crippen molar-refractivity contribution in [2.75, 3.05) is 0 Å². The van der Waals surface area contributed by atoms with Crippen LogP contribution in [0.5, 0.6) is 0 Å². The number of hydrogen-bond donors (Lipinski definition) is 2. The molecule has 0 bridgehead atoms. The first-order valence-corrected chi connectivity index (χ1v) is 17.1. The number of carbonyl (C=O) groups is 4. The van der Waals surface area contributed by atoms with Crippen molar-refractivity contribution in [1.82, 2.24) is 15.6 Å². The van der Waals surface area contributed by atoms with E-state index < -0.39 is 24.0 Å². The largest absolute Gasteiger partial charge is 0.459 e. The van der Waals surface area contributed by atoms with Gasteiger partial charge in [0.15, 0.2) is 12.4 Å². The molecule has 0 fully saturated rings. The van der Waals surface area contributed by atoms with Gasteiger partial charge in [-0.2, -0.15) is 0 Å². The molecule has 0 saturated carbocycles. The molecule has 53 heavy (non-hydrogen) atoms. The fourth-order valence-corrected chi connectivity index (χ4v) is 5.60. The summed E-state index contributed by atoms with van der Waals surface area (Å²) in [7, 11) is 0. The summed E-state index contributed by atoms with van der Waals surface area (Å²) < 4.78 is 17.4. The Morgan fingerprint density at radius 2 is 0.925 bits per heavy atom. The number of hydrogen-bond acceptors (Lipinski definition) is 8. The highest BCUT2D eigenvalue weighted by Gasteiger charge is 2.24. The number of oxazole rings is 1. The molecule has 6 aromatic rings. The van der Waals surface area contributed by atoms with E-state index >= 15 is 0 Å². The summed E-state index contributed by atoms with van der Waals surface area (Å²) >= 11 is 0. The number of amides is 2. The average Bonchev–Trinajstić information content (AvgIpc) is 3.63. The Hall–Kier alpha value is -6.81. The fourth-order valence-electron chi connectivity index (χ4n) is 5.60. The van der Waals surface area contributed by atoms with Crippen molar-refractivity contribution in [3.05, 3.63) is 185 Å². The second kappa shape index (κ2) is 17.9. The van der Waals surface area contributed by atoms with E-state index in [4.69, 9.17) is 13.9 Å². The summed E-state index contributed by atoms with van der Waals surface area (Å²) in [6, 6.07) is 43.6. The van der Waals surface area contributed by atoms with Crippen molar-refractivity contribution in [2.45, 2.75) is 38.1 Å². The molecular weight excluding hydrogens is 670 g/mol. The van der Waals surface area contributed by atoms with Gasteiger partial charge in [-0.3, -0.25) is 19.2 Å². The van der Waals surface area contributed by atoms with Crippen molar-refractivity contribution in [1.29, 1.82) is 0 Å². The van der Waals surface area contributed by atoms with Crippen molar-refractivity contribution in [2.24, 2.45) is 0 Å². The summed E-state index contributed by atoms with van der Waals surface area (Å²) in [5.74, 6) is -1.36. The molecule has 0 radical (unpaired) electrons. The minimum Gasteiger partial charge on any atom is -0.459 e. The molecule has 1 aromatic heterocycles. The SMILES string of the molecule is O=C(C[C@H](NC(=O)c1ccccc1)c1ccccc1)OCc1oc(-c2ccccc2)nc1COC(=O)C[C@@H](NC(=O)c1ccccc1)c1ccccc1. The first kappa shape index (κ1) is 36.0. The van der Waals surface area contributed by atoms with Crippen LogP contribution >= 0.6 is 0 Å². The summed E-state index contributed by atoms with van der Waals surface area (Å²) in [6.45, 7) is -0.560. The standard InChI is InChI=1S/C43H37N3O7/c47-39(26-35(30-16-6-1-7-17-30)44-41(49)32-20-10-3-11-21-32)51-28-37-38(53-43(46-37)34-24-14-5-15-25-34)29-52-40(48)27-36(31-18-8-2-9-19-31)45-42(50)33-22-12-4-13-23-33/h1-25,35-36H,26-29H2,(H,44,49)(H,45,50)/t35-,36+/m1/s1. The van der Waals surface area contributed by atoms with Gasteiger partial charge in [-0.1, -0.05) is 115 Å². The monoisotopic (exact) mass is 707 g/mol. The molecule has 0 unspecified atom stereocenters. The van der Waals surface area contributed by atoms with E-state index in [-0.39, 0.29) is 55.2 Å². The Morgan fingerprint density at radius 1 is 0.528 bits per heavy atom. The first-order chi connectivity index (χ1) is 25.9. The predicted octanol–water partition coefficient (Wildman–Crippen LogP) is 7.55. The van der Waals surface area contributed by atoms with Gasteiger partial charge < -0.3 is 24.5 Å². The molecule has 10 heteroatoms. The van der Waals surface area contributed by atoms with E-state index in [2.05, 4.69) is 15.6 Å². The lowest BCUT2D eigenvalue weighted by Gasteiger charge is -2.19. The van der Waals surface area contributed by atoms with Gasteiger partial charge in [-0.05, 0) is 47.5 Å². The molecule has 0 aliphatic carbocycles. The lowest BCUT2D eigenvalue weighted by molar-refractivity contribution is -0.147. The second-order valence-corrected chi connectivity index (χ2v) is 12.1. The third-order valence-electron chi connectivity index (χ3n) is 8.36. The maximum atomic E-state index is 13.3. The fraction of sp³-hybridized carbons (Fsp3) is 0.140. The summed E-state index contributed by atoms with van der Waals surface area (Å²) in [6.07, 6.45) is -0.298. The maximum Gasteiger partial charge on any atom is 0.308 e. The Balaban J connectivity index is 1.14. The van der Waals surface area contributed by atoms with Gasteiger partial charge in [0.2, 0.25) is 5.89 Å². The van der Waals surface area contributed by atoms with Crippen LogP contribution in [0, 0.1) is 0 Å². The normalized spacial score (nSPS) is 11.8. The molecule has 6 rings (SSSR count). The Labute approximate surface area is 306 Å². The van der Waals surface area contributed by atoms with Crippen LogP contribution in [-0.4, -0.2) is 28.7 Å². The lowest BCUT2D eigenvalue weighted by Crippen LogP contribution is -2.30. The predicted molar refractivity (Wildman–Crippen MR) is 197 cm³/mol. The molecule has 0 spiro atoms. The highest BCUT2D eigenvalue weighted by atomic mass is 16.5. The van der Waals surface area contributed by atoms with Crippen LogP contribution < -0.4 is 10.6 Å².